The van der Waals surface area contributed by atoms with Crippen LogP contribution in [0.25, 0.3) is 0 Å². The van der Waals surface area contributed by atoms with Crippen LogP contribution >= 0.6 is 8.53 Å². The van der Waals surface area contributed by atoms with Crippen molar-refractivity contribution in [1.82, 2.24) is 24.3 Å². The van der Waals surface area contributed by atoms with Gasteiger partial charge in [0.1, 0.15) is 11.9 Å². The van der Waals surface area contributed by atoms with E-state index in [2.05, 4.69) is 38.4 Å². The van der Waals surface area contributed by atoms with Gasteiger partial charge in [0, 0.05) is 95.9 Å². The van der Waals surface area contributed by atoms with Crippen molar-refractivity contribution in [3.8, 4) is 6.07 Å². The predicted molar refractivity (Wildman–Crippen MR) is 311 cm³/mol. The number of rotatable bonds is 20. The van der Waals surface area contributed by atoms with Crippen molar-refractivity contribution >= 4 is 43.9 Å². The predicted octanol–water partition coefficient (Wildman–Crippen LogP) is 10.4. The molecule has 450 valence electrons. The smallest absolute Gasteiger partial charge is 0.306 e. The van der Waals surface area contributed by atoms with Crippen LogP contribution in [0, 0.1) is 17.2 Å². The molecule has 0 spiro atoms. The maximum Gasteiger partial charge on any atom is 0.306 e. The van der Waals surface area contributed by atoms with E-state index in [0.29, 0.717) is 64.8 Å². The van der Waals surface area contributed by atoms with Gasteiger partial charge in [-0.1, -0.05) is 101 Å². The summed E-state index contributed by atoms with van der Waals surface area (Å²) in [5.41, 5.74) is 0. The van der Waals surface area contributed by atoms with Crippen LogP contribution in [0.2, 0.25) is 0 Å². The van der Waals surface area contributed by atoms with Gasteiger partial charge in [-0.15, -0.1) is 0 Å². The molecule has 3 N–H and O–H groups in total. The van der Waals surface area contributed by atoms with Gasteiger partial charge >= 0.3 is 5.97 Å². The summed E-state index contributed by atoms with van der Waals surface area (Å²) in [4.78, 5) is 75.9. The molecule has 8 atom stereocenters. The van der Waals surface area contributed by atoms with E-state index in [1.807, 2.05) is 56.2 Å². The van der Waals surface area contributed by atoms with Gasteiger partial charge in [0.15, 0.2) is 0 Å². The fourth-order valence-corrected chi connectivity index (χ4v) is 10.6. The van der Waals surface area contributed by atoms with Crippen LogP contribution < -0.4 is 0 Å². The molecule has 0 saturated carbocycles. The minimum absolute atomic E-state index is 0. The summed E-state index contributed by atoms with van der Waals surface area (Å²) in [5.74, 6) is 0.209. The average Bonchev–Trinajstić information content (AvgIpc) is 4.13. The van der Waals surface area contributed by atoms with E-state index in [1.165, 1.54) is 6.92 Å². The molecule has 0 aromatic heterocycles. The van der Waals surface area contributed by atoms with Gasteiger partial charge in [0.25, 0.3) is 8.53 Å². The molecule has 4 fully saturated rings. The minimum atomic E-state index is -1.22. The number of nitrogens with zero attached hydrogens (tertiary/aromatic N) is 6. The third-order valence-corrected chi connectivity index (χ3v) is 14.7. The molecule has 19 heteroatoms. The number of carbonyl (C=O) groups excluding carboxylic acids is 6. The number of ether oxygens (including phenoxy) is 1. The summed E-state index contributed by atoms with van der Waals surface area (Å²) < 4.78 is 19.8. The Morgan fingerprint density at radius 3 is 1.53 bits per heavy atom. The number of aliphatic hydroxyl groups is 3. The first kappa shape index (κ1) is 88.3. The van der Waals surface area contributed by atoms with Gasteiger partial charge in [0.05, 0.1) is 62.5 Å². The van der Waals surface area contributed by atoms with E-state index in [0.717, 1.165) is 45.2 Å². The number of likely N-dealkylation sites (tertiary alicyclic amines) is 4. The molecule has 4 aliphatic rings. The van der Waals surface area contributed by atoms with E-state index in [1.54, 1.807) is 4.90 Å². The van der Waals surface area contributed by atoms with Crippen LogP contribution in [-0.2, 0) is 42.6 Å². The lowest BCUT2D eigenvalue weighted by Crippen LogP contribution is -2.40. The first-order valence-electron chi connectivity index (χ1n) is 24.8. The number of ketones is 1. The van der Waals surface area contributed by atoms with Crippen molar-refractivity contribution in [2.45, 2.75) is 268 Å². The maximum absolute atomic E-state index is 11.8. The Kier molecular flexibility index (Phi) is 56.4. The normalized spacial score (nSPS) is 21.3. The molecule has 75 heavy (non-hydrogen) atoms. The van der Waals surface area contributed by atoms with Gasteiger partial charge in [-0.05, 0) is 66.7 Å². The van der Waals surface area contributed by atoms with Crippen LogP contribution in [0.3, 0.4) is 0 Å². The molecule has 4 amide bonds. The Hall–Kier alpha value is -3.30. The molecular weight excluding hydrogens is 980 g/mol. The van der Waals surface area contributed by atoms with Crippen molar-refractivity contribution in [2.75, 3.05) is 52.5 Å². The molecule has 0 aromatic carbocycles. The molecule has 18 nitrogen and oxygen atoms in total. The molecule has 4 aliphatic heterocycles. The average molecular weight is 1100 g/mol. The zero-order chi connectivity index (χ0) is 50.8. The lowest BCUT2D eigenvalue weighted by atomic mass is 10.0. The summed E-state index contributed by atoms with van der Waals surface area (Å²) in [6, 6.07) is 2.56. The Morgan fingerprint density at radius 1 is 0.640 bits per heavy atom. The molecule has 0 aliphatic carbocycles. The van der Waals surface area contributed by atoms with E-state index in [4.69, 9.17) is 29.3 Å². The van der Waals surface area contributed by atoms with Gasteiger partial charge in [-0.2, -0.15) is 5.26 Å². The molecule has 0 radical (unpaired) electrons. The molecule has 4 heterocycles. The summed E-state index contributed by atoms with van der Waals surface area (Å²) in [6.45, 7) is 25.1. The van der Waals surface area contributed by atoms with Crippen molar-refractivity contribution < 1.29 is 57.9 Å². The molecule has 1 unspecified atom stereocenters. The summed E-state index contributed by atoms with van der Waals surface area (Å²) >= 11 is 0. The SMILES string of the molecule is C.C.C.C.C.C.C.C.CCC(=O)N1CC[C@@H](O)[C@@H]1CC.CCC(=O)N1CC[C@@H](OC(=O)CCC(C)=O)[C@@H]1CC.CCC(=O)N1CC[C@@H](OP(OCCC#N)N(C(C)C)C(C)C)C1.CCC(=O)N1CC[C@H](CO)[C@@H]1CO. The minimum Gasteiger partial charge on any atom is -0.460 e. The van der Waals surface area contributed by atoms with Crippen LogP contribution in [0.5, 0.6) is 0 Å². The number of aliphatic hydroxyl groups excluding tert-OH is 3. The molecule has 4 rings (SSSR count). The number of carbonyl (C=O) groups is 6. The van der Waals surface area contributed by atoms with Gasteiger partial charge < -0.3 is 53.5 Å². The van der Waals surface area contributed by atoms with E-state index in [-0.39, 0.29) is 175 Å². The van der Waals surface area contributed by atoms with Crippen LogP contribution in [0.1, 0.15) is 219 Å². The van der Waals surface area contributed by atoms with Crippen LogP contribution in [-0.4, -0.2) is 176 Å². The quantitative estimate of drug-likeness (QED) is 0.0585. The maximum atomic E-state index is 11.8. The Bertz CT molecular complexity index is 1550. The Labute approximate surface area is 461 Å². The summed E-state index contributed by atoms with van der Waals surface area (Å²) in [6.07, 6.45) is 6.92. The first-order valence-corrected chi connectivity index (χ1v) is 26.0. The molecular formula is C56H119N6O12P. The lowest BCUT2D eigenvalue weighted by molar-refractivity contribution is -0.152. The van der Waals surface area contributed by atoms with Crippen molar-refractivity contribution in [2.24, 2.45) is 5.92 Å². The van der Waals surface area contributed by atoms with Crippen LogP contribution in [0.4, 0.5) is 0 Å². The highest BCUT2D eigenvalue weighted by Gasteiger charge is 2.39. The van der Waals surface area contributed by atoms with E-state index in [9.17, 15) is 33.9 Å². The second kappa shape index (κ2) is 47.9. The second-order valence-electron chi connectivity index (χ2n) is 17.9. The number of hydrogen-bond donors (Lipinski definition) is 3. The third-order valence-electron chi connectivity index (χ3n) is 12.5. The summed E-state index contributed by atoms with van der Waals surface area (Å²) in [5, 5.41) is 36.3. The number of amides is 4. The highest BCUT2D eigenvalue weighted by molar-refractivity contribution is 7.44. The Morgan fingerprint density at radius 2 is 1.11 bits per heavy atom. The Balaban J connectivity index is -0.000000132. The highest BCUT2D eigenvalue weighted by Crippen LogP contribution is 2.48. The fraction of sp³-hybridized carbons (Fsp3) is 0.875. The largest absolute Gasteiger partial charge is 0.460 e. The van der Waals surface area contributed by atoms with Crippen molar-refractivity contribution in [3.05, 3.63) is 0 Å². The zero-order valence-electron chi connectivity index (χ0n) is 42.7. The highest BCUT2D eigenvalue weighted by atomic mass is 31.2. The summed E-state index contributed by atoms with van der Waals surface area (Å²) in [7, 11) is -1.22. The monoisotopic (exact) mass is 1100 g/mol. The molecule has 0 aromatic rings. The number of nitriles is 1. The second-order valence-corrected chi connectivity index (χ2v) is 19.3. The molecule has 4 saturated heterocycles. The standard InChI is InChI=1S/C16H30N3O3P.C14H23NO4.C9H17NO3.C9H17NO2.8CH4/c1-6-16(20)18-10-8-15(12-18)22-23(21-11-7-9-17)19(13(2)3)14(4)5;1-4-11-12(8-9-15(11)13(17)5-2)19-14(18)7-6-10(3)16;1-2-9(13)10-4-3-7(5-11)8(10)6-12;1-3-7-8(11)5-6-10(7)9(12)4-2;;;;;;;;/h13-15H,6-8,10-12H2,1-5H3;11-12H,4-9H2,1-3H3;7-8,11-12H,2-6H2,1H3;7-8,11H,3-6H2,1-2H3;8*1H4/t15-,23?;11-,12+;2*7-,8+;;;;;;;;/m1010......../s1. The third kappa shape index (κ3) is 29.3. The topological polar surface area (TPSA) is 231 Å². The van der Waals surface area contributed by atoms with E-state index < -0.39 is 8.53 Å². The van der Waals surface area contributed by atoms with Gasteiger partial charge in [0.2, 0.25) is 23.6 Å². The van der Waals surface area contributed by atoms with Crippen molar-refractivity contribution in [1.29, 1.82) is 5.26 Å². The number of hydrogen-bond acceptors (Lipinski definition) is 14. The number of esters is 1. The molecule has 0 bridgehead atoms. The van der Waals surface area contributed by atoms with Gasteiger partial charge in [-0.3, -0.25) is 24.0 Å². The lowest BCUT2D eigenvalue weighted by Gasteiger charge is -2.36. The number of Topliss-reactive ketones (excluding diaryl/α,β-unsaturated/α-hetero) is 1. The van der Waals surface area contributed by atoms with Gasteiger partial charge in [-0.25, -0.2) is 4.67 Å². The van der Waals surface area contributed by atoms with Crippen LogP contribution in [0.15, 0.2) is 0 Å². The first-order chi connectivity index (χ1) is 31.8. The van der Waals surface area contributed by atoms with E-state index >= 15 is 0 Å². The zero-order valence-corrected chi connectivity index (χ0v) is 43.6. The van der Waals surface area contributed by atoms with Crippen molar-refractivity contribution in [3.63, 3.8) is 0 Å². The fourth-order valence-electron chi connectivity index (χ4n) is 8.88.